The number of nitrogens with two attached hydrogens (primary N) is 1. The smallest absolute Gasteiger partial charge is 0.124 e. The summed E-state index contributed by atoms with van der Waals surface area (Å²) in [4.78, 5) is 0. The molecule has 0 spiro atoms. The molecule has 1 atom stereocenters. The fourth-order valence-corrected chi connectivity index (χ4v) is 2.24. The third-order valence-electron chi connectivity index (χ3n) is 3.76. The molecule has 0 aliphatic heterocycles. The molecule has 2 rings (SSSR count). The molecule has 0 heterocycles. The maximum Gasteiger partial charge on any atom is 0.124 e. The predicted octanol–water partition coefficient (Wildman–Crippen LogP) is 3.29. The Morgan fingerprint density at radius 3 is 2.75 bits per heavy atom. The Bertz CT molecular complexity index is 415. The lowest BCUT2D eigenvalue weighted by atomic mass is 10.0. The van der Waals surface area contributed by atoms with Crippen LogP contribution in [0.2, 0.25) is 0 Å². The van der Waals surface area contributed by atoms with Crippen molar-refractivity contribution in [2.45, 2.75) is 52.2 Å². The Hall–Kier alpha value is -1.06. The summed E-state index contributed by atoms with van der Waals surface area (Å²) in [5.41, 5.74) is 8.46. The van der Waals surface area contributed by atoms with E-state index in [0.29, 0.717) is 13.2 Å². The highest BCUT2D eigenvalue weighted by atomic mass is 16.5. The summed E-state index contributed by atoms with van der Waals surface area (Å²) >= 11 is 0. The summed E-state index contributed by atoms with van der Waals surface area (Å²) in [7, 11) is 0. The molecule has 0 saturated heterocycles. The molecule has 1 aliphatic rings. The SMILES string of the molecule is CCOc1ccc(CC(N)CC)cc1COCC1CC1. The highest BCUT2D eigenvalue weighted by Gasteiger charge is 2.21. The minimum atomic E-state index is 0.230. The molecule has 112 valence electrons. The zero-order valence-corrected chi connectivity index (χ0v) is 12.7. The average molecular weight is 277 g/mol. The zero-order chi connectivity index (χ0) is 14.4. The minimum Gasteiger partial charge on any atom is -0.494 e. The Morgan fingerprint density at radius 2 is 2.10 bits per heavy atom. The maximum atomic E-state index is 6.04. The van der Waals surface area contributed by atoms with Gasteiger partial charge in [0.1, 0.15) is 5.75 Å². The van der Waals surface area contributed by atoms with Crippen LogP contribution in [0.4, 0.5) is 0 Å². The lowest BCUT2D eigenvalue weighted by Gasteiger charge is -2.14. The van der Waals surface area contributed by atoms with Crippen LogP contribution >= 0.6 is 0 Å². The number of ether oxygens (including phenoxy) is 2. The molecule has 0 bridgehead atoms. The van der Waals surface area contributed by atoms with Crippen molar-refractivity contribution in [2.24, 2.45) is 11.7 Å². The Balaban J connectivity index is 1.99. The summed E-state index contributed by atoms with van der Waals surface area (Å²) in [5.74, 6) is 1.74. The van der Waals surface area contributed by atoms with Gasteiger partial charge < -0.3 is 15.2 Å². The van der Waals surface area contributed by atoms with E-state index in [1.807, 2.05) is 6.92 Å². The molecule has 20 heavy (non-hydrogen) atoms. The topological polar surface area (TPSA) is 44.5 Å². The van der Waals surface area contributed by atoms with Crippen molar-refractivity contribution in [1.82, 2.24) is 0 Å². The second-order valence-corrected chi connectivity index (χ2v) is 5.71. The van der Waals surface area contributed by atoms with Gasteiger partial charge in [0.05, 0.1) is 13.2 Å². The van der Waals surface area contributed by atoms with E-state index < -0.39 is 0 Å². The van der Waals surface area contributed by atoms with Gasteiger partial charge in [0, 0.05) is 18.2 Å². The number of rotatable bonds is 9. The fraction of sp³-hybridized carbons (Fsp3) is 0.647. The van der Waals surface area contributed by atoms with Crippen LogP contribution in [0, 0.1) is 5.92 Å². The van der Waals surface area contributed by atoms with Crippen LogP contribution in [-0.2, 0) is 17.8 Å². The van der Waals surface area contributed by atoms with Crippen molar-refractivity contribution in [3.8, 4) is 5.75 Å². The summed E-state index contributed by atoms with van der Waals surface area (Å²) in [6.07, 6.45) is 4.56. The summed E-state index contributed by atoms with van der Waals surface area (Å²) < 4.78 is 11.5. The predicted molar refractivity (Wildman–Crippen MR) is 82.0 cm³/mol. The van der Waals surface area contributed by atoms with Gasteiger partial charge in [0.25, 0.3) is 0 Å². The van der Waals surface area contributed by atoms with Gasteiger partial charge in [-0.05, 0) is 56.2 Å². The lowest BCUT2D eigenvalue weighted by molar-refractivity contribution is 0.109. The second-order valence-electron chi connectivity index (χ2n) is 5.71. The van der Waals surface area contributed by atoms with Crippen molar-refractivity contribution >= 4 is 0 Å². The zero-order valence-electron chi connectivity index (χ0n) is 12.7. The van der Waals surface area contributed by atoms with Crippen LogP contribution in [0.3, 0.4) is 0 Å². The molecule has 1 aliphatic carbocycles. The normalized spacial score (nSPS) is 16.1. The Morgan fingerprint density at radius 1 is 1.30 bits per heavy atom. The molecule has 1 aromatic carbocycles. The first-order valence-electron chi connectivity index (χ1n) is 7.80. The molecule has 2 N–H and O–H groups in total. The maximum absolute atomic E-state index is 6.04. The first-order chi connectivity index (χ1) is 9.72. The molecule has 1 saturated carbocycles. The van der Waals surface area contributed by atoms with Gasteiger partial charge in [-0.1, -0.05) is 13.0 Å². The molecular weight excluding hydrogens is 250 g/mol. The van der Waals surface area contributed by atoms with E-state index in [1.165, 1.54) is 18.4 Å². The van der Waals surface area contributed by atoms with Crippen molar-refractivity contribution < 1.29 is 9.47 Å². The molecule has 3 heteroatoms. The second kappa shape index (κ2) is 7.65. The van der Waals surface area contributed by atoms with Crippen LogP contribution in [0.15, 0.2) is 18.2 Å². The van der Waals surface area contributed by atoms with E-state index in [2.05, 4.69) is 25.1 Å². The van der Waals surface area contributed by atoms with Gasteiger partial charge in [0.15, 0.2) is 0 Å². The minimum absolute atomic E-state index is 0.230. The fourth-order valence-electron chi connectivity index (χ4n) is 2.24. The summed E-state index contributed by atoms with van der Waals surface area (Å²) in [6, 6.07) is 6.59. The molecule has 0 amide bonds. The lowest BCUT2D eigenvalue weighted by Crippen LogP contribution is -2.21. The van der Waals surface area contributed by atoms with Crippen LogP contribution < -0.4 is 10.5 Å². The van der Waals surface area contributed by atoms with Gasteiger partial charge in [0.2, 0.25) is 0 Å². The van der Waals surface area contributed by atoms with E-state index in [4.69, 9.17) is 15.2 Å². The van der Waals surface area contributed by atoms with Gasteiger partial charge in [-0.2, -0.15) is 0 Å². The third-order valence-corrected chi connectivity index (χ3v) is 3.76. The highest BCUT2D eigenvalue weighted by molar-refractivity contribution is 5.37. The van der Waals surface area contributed by atoms with Crippen molar-refractivity contribution in [2.75, 3.05) is 13.2 Å². The van der Waals surface area contributed by atoms with Crippen molar-refractivity contribution in [1.29, 1.82) is 0 Å². The average Bonchev–Trinajstić information content (AvgIpc) is 3.25. The standard InChI is InChI=1S/C17H27NO2/c1-3-16(18)10-14-7-8-17(20-4-2)15(9-14)12-19-11-13-5-6-13/h7-9,13,16H,3-6,10-12,18H2,1-2H3. The molecular formula is C17H27NO2. The van der Waals surface area contributed by atoms with Crippen LogP contribution in [0.25, 0.3) is 0 Å². The largest absolute Gasteiger partial charge is 0.494 e. The van der Waals surface area contributed by atoms with Gasteiger partial charge in [-0.3, -0.25) is 0 Å². The number of benzene rings is 1. The molecule has 1 aromatic rings. The molecule has 3 nitrogen and oxygen atoms in total. The third kappa shape index (κ3) is 4.80. The van der Waals surface area contributed by atoms with Gasteiger partial charge in [-0.15, -0.1) is 0 Å². The van der Waals surface area contributed by atoms with E-state index in [0.717, 1.165) is 36.7 Å². The van der Waals surface area contributed by atoms with E-state index in [-0.39, 0.29) is 6.04 Å². The van der Waals surface area contributed by atoms with Crippen LogP contribution in [0.5, 0.6) is 5.75 Å². The monoisotopic (exact) mass is 277 g/mol. The van der Waals surface area contributed by atoms with Gasteiger partial charge in [-0.25, -0.2) is 0 Å². The van der Waals surface area contributed by atoms with Gasteiger partial charge >= 0.3 is 0 Å². The Labute approximate surface area is 122 Å². The van der Waals surface area contributed by atoms with E-state index in [1.54, 1.807) is 0 Å². The number of hydrogen-bond acceptors (Lipinski definition) is 3. The first kappa shape index (κ1) is 15.3. The number of hydrogen-bond donors (Lipinski definition) is 1. The summed E-state index contributed by atoms with van der Waals surface area (Å²) in [6.45, 7) is 6.34. The van der Waals surface area contributed by atoms with Crippen molar-refractivity contribution in [3.05, 3.63) is 29.3 Å². The Kier molecular flexibility index (Phi) is 5.86. The van der Waals surface area contributed by atoms with Crippen molar-refractivity contribution in [3.63, 3.8) is 0 Å². The molecule has 1 fully saturated rings. The van der Waals surface area contributed by atoms with Crippen LogP contribution in [0.1, 0.15) is 44.2 Å². The quantitative estimate of drug-likeness (QED) is 0.753. The molecule has 0 radical (unpaired) electrons. The molecule has 0 aromatic heterocycles. The molecule has 1 unspecified atom stereocenters. The highest BCUT2D eigenvalue weighted by Crippen LogP contribution is 2.30. The van der Waals surface area contributed by atoms with Crippen LogP contribution in [-0.4, -0.2) is 19.3 Å². The first-order valence-corrected chi connectivity index (χ1v) is 7.80. The summed E-state index contributed by atoms with van der Waals surface area (Å²) in [5, 5.41) is 0. The van der Waals surface area contributed by atoms with E-state index >= 15 is 0 Å². The van der Waals surface area contributed by atoms with E-state index in [9.17, 15) is 0 Å².